The number of hydrogen-bond donors (Lipinski definition) is 1. The summed E-state index contributed by atoms with van der Waals surface area (Å²) in [5, 5.41) is 7.50. The maximum absolute atomic E-state index is 4.99. The Bertz CT molecular complexity index is 264. The summed E-state index contributed by atoms with van der Waals surface area (Å²) >= 11 is 1.85. The summed E-state index contributed by atoms with van der Waals surface area (Å²) in [6, 6.07) is 0.521. The van der Waals surface area contributed by atoms with Crippen LogP contribution in [0.1, 0.15) is 33.0 Å². The summed E-state index contributed by atoms with van der Waals surface area (Å²) in [6.07, 6.45) is 1.17. The molecular formula is C9H17N3OS. The average molecular weight is 215 g/mol. The van der Waals surface area contributed by atoms with Crippen molar-refractivity contribution in [3.05, 3.63) is 5.82 Å². The molecule has 0 aliphatic carbocycles. The molecule has 0 fully saturated rings. The van der Waals surface area contributed by atoms with Crippen LogP contribution in [0.3, 0.4) is 0 Å². The molecule has 0 spiro atoms. The fraction of sp³-hybridized carbons (Fsp3) is 0.778. The first-order valence-corrected chi connectivity index (χ1v) is 5.99. The molecule has 0 aliphatic heterocycles. The fourth-order valence-corrected chi connectivity index (χ4v) is 1.66. The number of hydrogen-bond acceptors (Lipinski definition) is 5. The monoisotopic (exact) mass is 215 g/mol. The maximum Gasteiger partial charge on any atom is 0.321 e. The molecule has 80 valence electrons. The summed E-state index contributed by atoms with van der Waals surface area (Å²) < 4.78 is 4.99. The standard InChI is InChI=1S/C9H17N3OS/c1-4-7(3)14-6-8-11-9(10-5-2)13-12-8/h7H,4-6H2,1-3H3,(H,10,11,12). The van der Waals surface area contributed by atoms with Crippen LogP contribution in [0.25, 0.3) is 0 Å². The van der Waals surface area contributed by atoms with E-state index in [1.54, 1.807) is 0 Å². The number of aromatic nitrogens is 2. The van der Waals surface area contributed by atoms with Gasteiger partial charge in [-0.2, -0.15) is 16.7 Å². The highest BCUT2D eigenvalue weighted by molar-refractivity contribution is 7.99. The number of thioether (sulfide) groups is 1. The first kappa shape index (κ1) is 11.4. The van der Waals surface area contributed by atoms with Crippen LogP contribution >= 0.6 is 11.8 Å². The van der Waals surface area contributed by atoms with E-state index in [1.165, 1.54) is 6.42 Å². The highest BCUT2D eigenvalue weighted by atomic mass is 32.2. The molecule has 1 unspecified atom stereocenters. The van der Waals surface area contributed by atoms with Gasteiger partial charge in [0.15, 0.2) is 5.82 Å². The Balaban J connectivity index is 2.35. The lowest BCUT2D eigenvalue weighted by Gasteiger charge is -2.04. The van der Waals surface area contributed by atoms with Gasteiger partial charge in [-0.15, -0.1) is 0 Å². The molecule has 0 saturated carbocycles. The normalized spacial score (nSPS) is 12.8. The van der Waals surface area contributed by atoms with Crippen LogP contribution in [0, 0.1) is 0 Å². The number of rotatable bonds is 6. The van der Waals surface area contributed by atoms with Crippen molar-refractivity contribution < 1.29 is 4.52 Å². The van der Waals surface area contributed by atoms with Crippen LogP contribution < -0.4 is 5.32 Å². The van der Waals surface area contributed by atoms with Crippen LogP contribution in [0.2, 0.25) is 0 Å². The topological polar surface area (TPSA) is 51.0 Å². The fourth-order valence-electron chi connectivity index (χ4n) is 0.870. The van der Waals surface area contributed by atoms with Crippen LogP contribution in [-0.2, 0) is 5.75 Å². The second-order valence-electron chi connectivity index (χ2n) is 3.08. The van der Waals surface area contributed by atoms with Crippen molar-refractivity contribution in [3.8, 4) is 0 Å². The van der Waals surface area contributed by atoms with E-state index in [-0.39, 0.29) is 0 Å². The lowest BCUT2D eigenvalue weighted by atomic mass is 10.4. The SMILES string of the molecule is CCNc1nc(CSC(C)CC)no1. The summed E-state index contributed by atoms with van der Waals surface area (Å²) in [6.45, 7) is 7.19. The first-order valence-electron chi connectivity index (χ1n) is 4.94. The minimum absolute atomic E-state index is 0.521. The molecule has 5 heteroatoms. The first-order chi connectivity index (χ1) is 6.76. The summed E-state index contributed by atoms with van der Waals surface area (Å²) in [5.41, 5.74) is 0. The van der Waals surface area contributed by atoms with Crippen molar-refractivity contribution in [2.45, 2.75) is 38.2 Å². The molecular weight excluding hydrogens is 198 g/mol. The van der Waals surface area contributed by atoms with E-state index in [9.17, 15) is 0 Å². The molecule has 1 heterocycles. The Morgan fingerprint density at radius 2 is 2.29 bits per heavy atom. The highest BCUT2D eigenvalue weighted by Gasteiger charge is 2.06. The third-order valence-electron chi connectivity index (χ3n) is 1.87. The Morgan fingerprint density at radius 1 is 1.50 bits per heavy atom. The molecule has 14 heavy (non-hydrogen) atoms. The minimum atomic E-state index is 0.521. The van der Waals surface area contributed by atoms with Crippen molar-refractivity contribution in [2.75, 3.05) is 11.9 Å². The summed E-state index contributed by atoms with van der Waals surface area (Å²) in [7, 11) is 0. The van der Waals surface area contributed by atoms with Gasteiger partial charge in [-0.3, -0.25) is 0 Å². The molecule has 0 radical (unpaired) electrons. The van der Waals surface area contributed by atoms with Gasteiger partial charge >= 0.3 is 6.01 Å². The Labute approximate surface area is 88.8 Å². The molecule has 0 amide bonds. The van der Waals surface area contributed by atoms with Crippen LogP contribution in [0.4, 0.5) is 6.01 Å². The van der Waals surface area contributed by atoms with Crippen molar-refractivity contribution in [1.82, 2.24) is 10.1 Å². The zero-order valence-electron chi connectivity index (χ0n) is 8.91. The van der Waals surface area contributed by atoms with Gasteiger partial charge in [0.05, 0.1) is 5.75 Å². The van der Waals surface area contributed by atoms with Gasteiger partial charge in [-0.05, 0) is 13.3 Å². The van der Waals surface area contributed by atoms with Gasteiger partial charge in [-0.1, -0.05) is 19.0 Å². The van der Waals surface area contributed by atoms with Gasteiger partial charge < -0.3 is 9.84 Å². The second-order valence-corrected chi connectivity index (χ2v) is 4.50. The molecule has 1 N–H and O–H groups in total. The molecule has 0 aliphatic rings. The summed E-state index contributed by atoms with van der Waals surface area (Å²) in [4.78, 5) is 4.20. The minimum Gasteiger partial charge on any atom is -0.338 e. The Hall–Kier alpha value is -0.710. The van der Waals surface area contributed by atoms with E-state index in [1.807, 2.05) is 18.7 Å². The average Bonchev–Trinajstić information content (AvgIpc) is 2.63. The van der Waals surface area contributed by atoms with E-state index in [2.05, 4.69) is 29.3 Å². The van der Waals surface area contributed by atoms with Gasteiger partial charge in [-0.25, -0.2) is 0 Å². The van der Waals surface area contributed by atoms with Crippen molar-refractivity contribution >= 4 is 17.8 Å². The predicted octanol–water partition coefficient (Wildman–Crippen LogP) is 2.53. The van der Waals surface area contributed by atoms with Crippen molar-refractivity contribution in [2.24, 2.45) is 0 Å². The third kappa shape index (κ3) is 3.57. The molecule has 0 bridgehead atoms. The maximum atomic E-state index is 4.99. The van der Waals surface area contributed by atoms with E-state index in [4.69, 9.17) is 4.52 Å². The quantitative estimate of drug-likeness (QED) is 0.790. The van der Waals surface area contributed by atoms with Gasteiger partial charge in [0.2, 0.25) is 0 Å². The smallest absolute Gasteiger partial charge is 0.321 e. The Morgan fingerprint density at radius 3 is 2.93 bits per heavy atom. The third-order valence-corrected chi connectivity index (χ3v) is 3.20. The van der Waals surface area contributed by atoms with E-state index < -0.39 is 0 Å². The lowest BCUT2D eigenvalue weighted by molar-refractivity contribution is 0.425. The van der Waals surface area contributed by atoms with E-state index >= 15 is 0 Å². The molecule has 0 aromatic carbocycles. The highest BCUT2D eigenvalue weighted by Crippen LogP contribution is 2.18. The number of nitrogens with one attached hydrogen (secondary N) is 1. The predicted molar refractivity (Wildman–Crippen MR) is 59.5 cm³/mol. The Kier molecular flexibility index (Phi) is 4.79. The molecule has 4 nitrogen and oxygen atoms in total. The van der Waals surface area contributed by atoms with Gasteiger partial charge in [0.25, 0.3) is 0 Å². The van der Waals surface area contributed by atoms with Crippen LogP contribution in [0.5, 0.6) is 0 Å². The number of anilines is 1. The lowest BCUT2D eigenvalue weighted by Crippen LogP contribution is -1.97. The van der Waals surface area contributed by atoms with Gasteiger partial charge in [0, 0.05) is 11.8 Å². The molecule has 1 atom stereocenters. The number of nitrogens with zero attached hydrogens (tertiary/aromatic N) is 2. The van der Waals surface area contributed by atoms with E-state index in [0.717, 1.165) is 18.1 Å². The molecule has 1 rings (SSSR count). The second kappa shape index (κ2) is 5.90. The van der Waals surface area contributed by atoms with Crippen molar-refractivity contribution in [3.63, 3.8) is 0 Å². The van der Waals surface area contributed by atoms with Crippen LogP contribution in [0.15, 0.2) is 4.52 Å². The zero-order valence-corrected chi connectivity index (χ0v) is 9.73. The largest absolute Gasteiger partial charge is 0.338 e. The van der Waals surface area contributed by atoms with E-state index in [0.29, 0.717) is 11.3 Å². The molecule has 0 saturated heterocycles. The van der Waals surface area contributed by atoms with Crippen LogP contribution in [-0.4, -0.2) is 21.9 Å². The zero-order chi connectivity index (χ0) is 10.4. The summed E-state index contributed by atoms with van der Waals surface area (Å²) in [5.74, 6) is 1.59. The van der Waals surface area contributed by atoms with Gasteiger partial charge in [0.1, 0.15) is 0 Å². The molecule has 1 aromatic rings. The molecule has 1 aromatic heterocycles. The van der Waals surface area contributed by atoms with Crippen molar-refractivity contribution in [1.29, 1.82) is 0 Å².